The molecule has 8 heteroatoms. The Hall–Kier alpha value is -4.40. The van der Waals surface area contributed by atoms with Gasteiger partial charge in [0, 0.05) is 0 Å². The van der Waals surface area contributed by atoms with Gasteiger partial charge < -0.3 is 29.2 Å². The number of aryl methyl sites for hydroxylation is 2. The SMILES string of the molecule is C=C(CO)C(=O)OCOc1ccc(-c2ccc(-c3ccc(CCCCC)cc3)c(CC)c2)cc1OCOC(=O)C(=C)CO. The lowest BCUT2D eigenvalue weighted by Crippen LogP contribution is -2.15. The van der Waals surface area contributed by atoms with Crippen LogP contribution in [0, 0.1) is 0 Å². The number of ether oxygens (including phenoxy) is 4. The summed E-state index contributed by atoms with van der Waals surface area (Å²) in [6.45, 7) is 9.19. The van der Waals surface area contributed by atoms with E-state index in [9.17, 15) is 9.59 Å². The summed E-state index contributed by atoms with van der Waals surface area (Å²) in [7, 11) is 0. The number of esters is 2. The van der Waals surface area contributed by atoms with Crippen molar-refractivity contribution in [2.24, 2.45) is 0 Å². The van der Waals surface area contributed by atoms with Crippen LogP contribution in [0.3, 0.4) is 0 Å². The number of hydrogen-bond acceptors (Lipinski definition) is 8. The number of benzene rings is 3. The Labute approximate surface area is 253 Å². The molecule has 0 fully saturated rings. The molecule has 43 heavy (non-hydrogen) atoms. The number of rotatable bonds is 17. The predicted octanol–water partition coefficient (Wildman–Crippen LogP) is 6.17. The summed E-state index contributed by atoms with van der Waals surface area (Å²) in [6, 6.07) is 20.3. The molecule has 0 saturated carbocycles. The van der Waals surface area contributed by atoms with E-state index < -0.39 is 38.7 Å². The normalized spacial score (nSPS) is 10.6. The second kappa shape index (κ2) is 16.9. The molecule has 0 aliphatic carbocycles. The molecule has 8 nitrogen and oxygen atoms in total. The summed E-state index contributed by atoms with van der Waals surface area (Å²) in [4.78, 5) is 23.7. The minimum absolute atomic E-state index is 0.107. The average molecular weight is 589 g/mol. The first kappa shape index (κ1) is 33.1. The van der Waals surface area contributed by atoms with Crippen LogP contribution in [0.15, 0.2) is 85.0 Å². The van der Waals surface area contributed by atoms with E-state index in [1.807, 2.05) is 12.1 Å². The van der Waals surface area contributed by atoms with Crippen molar-refractivity contribution in [1.82, 2.24) is 0 Å². The van der Waals surface area contributed by atoms with Crippen LogP contribution < -0.4 is 9.47 Å². The van der Waals surface area contributed by atoms with Crippen LogP contribution >= 0.6 is 0 Å². The Morgan fingerprint density at radius 3 is 1.84 bits per heavy atom. The molecule has 0 aromatic heterocycles. The van der Waals surface area contributed by atoms with Crippen LogP contribution in [-0.4, -0.2) is 49.0 Å². The van der Waals surface area contributed by atoms with Gasteiger partial charge in [-0.3, -0.25) is 0 Å². The van der Waals surface area contributed by atoms with Gasteiger partial charge in [0.05, 0.1) is 24.4 Å². The van der Waals surface area contributed by atoms with Crippen molar-refractivity contribution in [3.05, 3.63) is 96.1 Å². The van der Waals surface area contributed by atoms with Crippen LogP contribution in [0.5, 0.6) is 11.5 Å². The third kappa shape index (κ3) is 9.56. The van der Waals surface area contributed by atoms with Gasteiger partial charge in [-0.25, -0.2) is 9.59 Å². The molecule has 228 valence electrons. The van der Waals surface area contributed by atoms with Crippen LogP contribution in [-0.2, 0) is 31.9 Å². The van der Waals surface area contributed by atoms with Gasteiger partial charge in [0.1, 0.15) is 0 Å². The van der Waals surface area contributed by atoms with E-state index >= 15 is 0 Å². The molecule has 3 aromatic carbocycles. The zero-order valence-electron chi connectivity index (χ0n) is 24.9. The summed E-state index contributed by atoms with van der Waals surface area (Å²) in [5.41, 5.74) is 6.43. The first-order chi connectivity index (χ1) is 20.8. The molecule has 2 N–H and O–H groups in total. The molecular formula is C35H40O8. The fraction of sp³-hybridized carbons (Fsp3) is 0.314. The van der Waals surface area contributed by atoms with Gasteiger partial charge in [-0.05, 0) is 64.8 Å². The topological polar surface area (TPSA) is 112 Å². The molecule has 3 rings (SSSR count). The van der Waals surface area contributed by atoms with Gasteiger partial charge in [0.2, 0.25) is 13.6 Å². The second-order valence-corrected chi connectivity index (χ2v) is 9.95. The van der Waals surface area contributed by atoms with Gasteiger partial charge in [0.25, 0.3) is 0 Å². The monoisotopic (exact) mass is 588 g/mol. The molecule has 0 aliphatic heterocycles. The van der Waals surface area contributed by atoms with E-state index in [0.29, 0.717) is 0 Å². The van der Waals surface area contributed by atoms with Gasteiger partial charge >= 0.3 is 11.9 Å². The molecule has 0 amide bonds. The van der Waals surface area contributed by atoms with E-state index in [1.54, 1.807) is 12.1 Å². The van der Waals surface area contributed by atoms with E-state index in [0.717, 1.165) is 24.0 Å². The van der Waals surface area contributed by atoms with Crippen LogP contribution in [0.1, 0.15) is 44.2 Å². The Morgan fingerprint density at radius 1 is 0.698 bits per heavy atom. The quantitative estimate of drug-likeness (QED) is 0.0834. The van der Waals surface area contributed by atoms with Gasteiger partial charge in [-0.1, -0.05) is 88.4 Å². The predicted molar refractivity (Wildman–Crippen MR) is 166 cm³/mol. The number of carbonyl (C=O) groups is 2. The minimum atomic E-state index is -0.797. The van der Waals surface area contributed by atoms with Crippen molar-refractivity contribution in [2.45, 2.75) is 46.0 Å². The van der Waals surface area contributed by atoms with Crippen molar-refractivity contribution < 1.29 is 38.7 Å². The second-order valence-electron chi connectivity index (χ2n) is 9.95. The highest BCUT2D eigenvalue weighted by Crippen LogP contribution is 2.35. The maximum absolute atomic E-state index is 11.9. The molecule has 0 unspecified atom stereocenters. The Morgan fingerprint density at radius 2 is 1.26 bits per heavy atom. The first-order valence-corrected chi connectivity index (χ1v) is 14.3. The summed E-state index contributed by atoms with van der Waals surface area (Å²) < 4.78 is 21.3. The maximum atomic E-state index is 11.9. The summed E-state index contributed by atoms with van der Waals surface area (Å²) in [5, 5.41) is 18.1. The third-order valence-corrected chi connectivity index (χ3v) is 6.87. The van der Waals surface area contributed by atoms with Crippen molar-refractivity contribution in [3.63, 3.8) is 0 Å². The highest BCUT2D eigenvalue weighted by molar-refractivity contribution is 5.88. The van der Waals surface area contributed by atoms with Crippen LogP contribution in [0.4, 0.5) is 0 Å². The number of hydrogen-bond donors (Lipinski definition) is 2. The summed E-state index contributed by atoms with van der Waals surface area (Å²) >= 11 is 0. The number of carbonyl (C=O) groups excluding carboxylic acids is 2. The van der Waals surface area contributed by atoms with E-state index in [1.165, 1.54) is 41.5 Å². The van der Waals surface area contributed by atoms with Gasteiger partial charge in [0.15, 0.2) is 11.5 Å². The Bertz CT molecular complexity index is 1410. The van der Waals surface area contributed by atoms with E-state index in [4.69, 9.17) is 29.2 Å². The van der Waals surface area contributed by atoms with Crippen molar-refractivity contribution in [2.75, 3.05) is 26.8 Å². The fourth-order valence-electron chi connectivity index (χ4n) is 4.32. The molecule has 0 heterocycles. The summed E-state index contributed by atoms with van der Waals surface area (Å²) in [5.74, 6) is -1.13. The van der Waals surface area contributed by atoms with Crippen LogP contribution in [0.25, 0.3) is 22.3 Å². The highest BCUT2D eigenvalue weighted by Gasteiger charge is 2.14. The Balaban J connectivity index is 1.83. The third-order valence-electron chi connectivity index (χ3n) is 6.87. The van der Waals surface area contributed by atoms with E-state index in [-0.39, 0.29) is 22.6 Å². The molecule has 0 saturated heterocycles. The van der Waals surface area contributed by atoms with Gasteiger partial charge in [-0.2, -0.15) is 0 Å². The zero-order chi connectivity index (χ0) is 31.2. The lowest BCUT2D eigenvalue weighted by molar-refractivity contribution is -0.147. The largest absolute Gasteiger partial charge is 0.453 e. The smallest absolute Gasteiger partial charge is 0.338 e. The molecule has 0 spiro atoms. The summed E-state index contributed by atoms with van der Waals surface area (Å²) in [6.07, 6.45) is 5.57. The van der Waals surface area contributed by atoms with Gasteiger partial charge in [-0.15, -0.1) is 0 Å². The van der Waals surface area contributed by atoms with E-state index in [2.05, 4.69) is 63.4 Å². The molecule has 3 aromatic rings. The number of aliphatic hydroxyl groups is 2. The molecule has 0 bridgehead atoms. The number of unbranched alkanes of at least 4 members (excludes halogenated alkanes) is 2. The maximum Gasteiger partial charge on any atom is 0.338 e. The molecule has 0 aliphatic rings. The molecule has 0 atom stereocenters. The highest BCUT2D eigenvalue weighted by atomic mass is 16.7. The van der Waals surface area contributed by atoms with Crippen molar-refractivity contribution in [1.29, 1.82) is 0 Å². The number of aliphatic hydroxyl groups excluding tert-OH is 2. The molecule has 0 radical (unpaired) electrons. The van der Waals surface area contributed by atoms with Crippen molar-refractivity contribution >= 4 is 11.9 Å². The lowest BCUT2D eigenvalue weighted by Gasteiger charge is -2.16. The van der Waals surface area contributed by atoms with Crippen molar-refractivity contribution in [3.8, 4) is 33.8 Å². The van der Waals surface area contributed by atoms with Crippen LogP contribution in [0.2, 0.25) is 0 Å². The standard InChI is InChI=1S/C35H40O8/c1-5-7-8-9-26-10-12-28(13-11-26)31-16-14-29(18-27(31)6-2)30-15-17-32(40-22-42-34(38)24(3)20-36)33(19-30)41-23-43-35(39)25(4)21-37/h10-19,36-37H,3-9,20-23H2,1-2H3. The lowest BCUT2D eigenvalue weighted by atomic mass is 9.93. The fourth-order valence-corrected chi connectivity index (χ4v) is 4.32. The first-order valence-electron chi connectivity index (χ1n) is 14.3. The molecular weight excluding hydrogens is 548 g/mol. The Kier molecular flexibility index (Phi) is 13.0. The zero-order valence-corrected chi connectivity index (χ0v) is 24.9. The average Bonchev–Trinajstić information content (AvgIpc) is 3.04. The minimum Gasteiger partial charge on any atom is -0.453 e.